The van der Waals surface area contributed by atoms with Crippen molar-refractivity contribution in [2.24, 2.45) is 0 Å². The summed E-state index contributed by atoms with van der Waals surface area (Å²) in [6, 6.07) is 12.1. The maximum atomic E-state index is 13.1. The van der Waals surface area contributed by atoms with Crippen molar-refractivity contribution in [1.29, 1.82) is 0 Å². The van der Waals surface area contributed by atoms with Gasteiger partial charge in [-0.25, -0.2) is 0 Å². The Morgan fingerprint density at radius 3 is 2.42 bits per heavy atom. The Morgan fingerprint density at radius 2 is 1.77 bits per heavy atom. The highest BCUT2D eigenvalue weighted by molar-refractivity contribution is 7.99. The van der Waals surface area contributed by atoms with Gasteiger partial charge in [0.2, 0.25) is 11.8 Å². The van der Waals surface area contributed by atoms with Crippen LogP contribution in [0.25, 0.3) is 0 Å². The summed E-state index contributed by atoms with van der Waals surface area (Å²) in [6.45, 7) is 5.90. The van der Waals surface area contributed by atoms with Gasteiger partial charge < -0.3 is 10.2 Å². The van der Waals surface area contributed by atoms with Gasteiger partial charge in [0, 0.05) is 33.4 Å². The summed E-state index contributed by atoms with van der Waals surface area (Å²) in [4.78, 5) is 27.4. The van der Waals surface area contributed by atoms with Crippen molar-refractivity contribution in [1.82, 2.24) is 10.2 Å². The fourth-order valence-electron chi connectivity index (χ4n) is 2.85. The van der Waals surface area contributed by atoms with Crippen LogP contribution in [0.1, 0.15) is 38.3 Å². The van der Waals surface area contributed by atoms with E-state index < -0.39 is 6.04 Å². The van der Waals surface area contributed by atoms with Gasteiger partial charge in [0.25, 0.3) is 0 Å². The summed E-state index contributed by atoms with van der Waals surface area (Å²) in [6.07, 6.45) is 0.810. The number of carbonyl (C=O) groups is 2. The largest absolute Gasteiger partial charge is 0.352 e. The third-order valence-electron chi connectivity index (χ3n) is 4.91. The third kappa shape index (κ3) is 8.23. The van der Waals surface area contributed by atoms with Gasteiger partial charge >= 0.3 is 0 Å². The molecule has 0 unspecified atom stereocenters. The summed E-state index contributed by atoms with van der Waals surface area (Å²) in [7, 11) is 0. The molecule has 0 bridgehead atoms. The molecule has 0 spiro atoms. The Labute approximate surface area is 203 Å². The first-order chi connectivity index (χ1) is 14.7. The molecule has 2 rings (SSSR count). The molecule has 8 heteroatoms. The lowest BCUT2D eigenvalue weighted by Gasteiger charge is -2.30. The number of hydrogen-bond acceptors (Lipinski definition) is 3. The minimum absolute atomic E-state index is 0.0308. The third-order valence-corrected chi connectivity index (χ3v) is 6.72. The van der Waals surface area contributed by atoms with Crippen LogP contribution < -0.4 is 5.32 Å². The fraction of sp³-hybridized carbons (Fsp3) is 0.391. The van der Waals surface area contributed by atoms with E-state index >= 15 is 0 Å². The summed E-state index contributed by atoms with van der Waals surface area (Å²) in [5.74, 6) is 0.561. The van der Waals surface area contributed by atoms with Crippen LogP contribution in [-0.2, 0) is 21.9 Å². The zero-order valence-corrected chi connectivity index (χ0v) is 20.9. The number of rotatable bonds is 10. The van der Waals surface area contributed by atoms with Crippen LogP contribution >= 0.6 is 46.6 Å². The van der Waals surface area contributed by atoms with Crippen molar-refractivity contribution in [2.75, 3.05) is 5.75 Å². The zero-order valence-electron chi connectivity index (χ0n) is 17.8. The molecule has 0 saturated carbocycles. The van der Waals surface area contributed by atoms with Crippen molar-refractivity contribution in [3.63, 3.8) is 0 Å². The lowest BCUT2D eigenvalue weighted by molar-refractivity contribution is -0.138. The van der Waals surface area contributed by atoms with E-state index in [1.807, 2.05) is 38.1 Å². The second kappa shape index (κ2) is 12.6. The summed E-state index contributed by atoms with van der Waals surface area (Å²) in [5, 5.41) is 4.60. The predicted molar refractivity (Wildman–Crippen MR) is 132 cm³/mol. The minimum atomic E-state index is -0.639. The van der Waals surface area contributed by atoms with Gasteiger partial charge in [-0.1, -0.05) is 59.9 Å². The molecule has 0 aliphatic rings. The highest BCUT2D eigenvalue weighted by atomic mass is 35.5. The van der Waals surface area contributed by atoms with Crippen LogP contribution in [0.3, 0.4) is 0 Å². The fourth-order valence-corrected chi connectivity index (χ4v) is 4.39. The van der Waals surface area contributed by atoms with E-state index in [1.54, 1.807) is 30.0 Å². The molecule has 4 nitrogen and oxygen atoms in total. The molecule has 0 fully saturated rings. The van der Waals surface area contributed by atoms with E-state index in [4.69, 9.17) is 34.8 Å². The van der Waals surface area contributed by atoms with E-state index in [1.165, 1.54) is 11.8 Å². The number of thioether (sulfide) groups is 1. The molecule has 0 aliphatic carbocycles. The van der Waals surface area contributed by atoms with Gasteiger partial charge in [0.15, 0.2) is 0 Å². The average Bonchev–Trinajstić information content (AvgIpc) is 2.72. The van der Waals surface area contributed by atoms with Gasteiger partial charge in [-0.15, -0.1) is 11.8 Å². The Kier molecular flexibility index (Phi) is 10.5. The maximum absolute atomic E-state index is 13.1. The second-order valence-electron chi connectivity index (χ2n) is 7.37. The molecular formula is C23H27Cl3N2O2S. The first kappa shape index (κ1) is 25.9. The first-order valence-corrected chi connectivity index (χ1v) is 12.4. The van der Waals surface area contributed by atoms with E-state index in [0.717, 1.165) is 17.5 Å². The Hall–Kier alpha value is -1.40. The lowest BCUT2D eigenvalue weighted by atomic mass is 10.1. The molecule has 2 atom stereocenters. The molecule has 1 N–H and O–H groups in total. The van der Waals surface area contributed by atoms with Crippen molar-refractivity contribution >= 4 is 58.4 Å². The molecule has 2 amide bonds. The van der Waals surface area contributed by atoms with Gasteiger partial charge in [0.05, 0.1) is 5.75 Å². The SMILES string of the molecule is CC[C@H](C)NC(=O)[C@@H](C)N(Cc1ccc(Cl)cc1Cl)C(=O)CSCc1cccc(Cl)c1. The van der Waals surface area contributed by atoms with Crippen LogP contribution in [0.4, 0.5) is 0 Å². The van der Waals surface area contributed by atoms with Crippen molar-refractivity contribution in [3.8, 4) is 0 Å². The Morgan fingerprint density at radius 1 is 1.06 bits per heavy atom. The quantitative estimate of drug-likeness (QED) is 0.421. The van der Waals surface area contributed by atoms with Gasteiger partial charge in [-0.2, -0.15) is 0 Å². The summed E-state index contributed by atoms with van der Waals surface area (Å²) in [5.41, 5.74) is 1.78. The van der Waals surface area contributed by atoms with Crippen LogP contribution in [0.15, 0.2) is 42.5 Å². The Bertz CT molecular complexity index is 910. The molecule has 0 aromatic heterocycles. The van der Waals surface area contributed by atoms with Crippen LogP contribution in [-0.4, -0.2) is 34.6 Å². The van der Waals surface area contributed by atoms with Gasteiger partial charge in [-0.05, 0) is 55.7 Å². The molecule has 0 aliphatic heterocycles. The van der Waals surface area contributed by atoms with E-state index in [9.17, 15) is 9.59 Å². The molecule has 168 valence electrons. The minimum Gasteiger partial charge on any atom is -0.352 e. The van der Waals surface area contributed by atoms with Crippen LogP contribution in [0.2, 0.25) is 15.1 Å². The molecule has 2 aromatic rings. The van der Waals surface area contributed by atoms with Crippen LogP contribution in [0.5, 0.6) is 0 Å². The van der Waals surface area contributed by atoms with E-state index in [-0.39, 0.29) is 30.2 Å². The van der Waals surface area contributed by atoms with Crippen molar-refractivity contribution in [2.45, 2.75) is 51.6 Å². The standard InChI is InChI=1S/C23H27Cl3N2O2S/c1-4-15(2)27-23(30)16(3)28(12-18-8-9-20(25)11-21(18)26)22(29)14-31-13-17-6-5-7-19(24)10-17/h5-11,15-16H,4,12-14H2,1-3H3,(H,27,30)/t15-,16+/m0/s1. The number of hydrogen-bond donors (Lipinski definition) is 1. The van der Waals surface area contributed by atoms with E-state index in [2.05, 4.69) is 5.32 Å². The summed E-state index contributed by atoms with van der Waals surface area (Å²) >= 11 is 19.8. The van der Waals surface area contributed by atoms with Crippen molar-refractivity contribution < 1.29 is 9.59 Å². The second-order valence-corrected chi connectivity index (χ2v) is 9.64. The Balaban J connectivity index is 2.12. The first-order valence-electron chi connectivity index (χ1n) is 10.1. The molecule has 31 heavy (non-hydrogen) atoms. The topological polar surface area (TPSA) is 49.4 Å². The molecule has 2 aromatic carbocycles. The number of halogens is 3. The van der Waals surface area contributed by atoms with Gasteiger partial charge in [0.1, 0.15) is 6.04 Å². The number of carbonyl (C=O) groups excluding carboxylic acids is 2. The summed E-state index contributed by atoms with van der Waals surface area (Å²) < 4.78 is 0. The smallest absolute Gasteiger partial charge is 0.242 e. The van der Waals surface area contributed by atoms with Gasteiger partial charge in [-0.3, -0.25) is 9.59 Å². The lowest BCUT2D eigenvalue weighted by Crippen LogP contribution is -2.50. The average molecular weight is 502 g/mol. The van der Waals surface area contributed by atoms with Crippen LogP contribution in [0, 0.1) is 0 Å². The highest BCUT2D eigenvalue weighted by Crippen LogP contribution is 2.24. The number of nitrogens with one attached hydrogen (secondary N) is 1. The van der Waals surface area contributed by atoms with Crippen molar-refractivity contribution in [3.05, 3.63) is 68.7 Å². The zero-order chi connectivity index (χ0) is 23.0. The molecule has 0 saturated heterocycles. The molecule has 0 heterocycles. The normalized spacial score (nSPS) is 12.8. The molecular weight excluding hydrogens is 475 g/mol. The monoisotopic (exact) mass is 500 g/mol. The maximum Gasteiger partial charge on any atom is 0.242 e. The highest BCUT2D eigenvalue weighted by Gasteiger charge is 2.27. The molecule has 0 radical (unpaired) electrons. The predicted octanol–water partition coefficient (Wildman–Crippen LogP) is 6.21. The number of benzene rings is 2. The number of amides is 2. The number of nitrogens with zero attached hydrogens (tertiary/aromatic N) is 1. The van der Waals surface area contributed by atoms with E-state index in [0.29, 0.717) is 20.8 Å².